The zero-order valence-electron chi connectivity index (χ0n) is 15.2. The average Bonchev–Trinajstić information content (AvgIpc) is 2.85. The van der Waals surface area contributed by atoms with Crippen LogP contribution in [0.2, 0.25) is 0 Å². The lowest BCUT2D eigenvalue weighted by atomic mass is 10.0. The molecule has 1 saturated heterocycles. The third-order valence-corrected chi connectivity index (χ3v) is 4.60. The number of aryl methyl sites for hydroxylation is 2. The maximum atomic E-state index is 12.7. The van der Waals surface area contributed by atoms with Gasteiger partial charge in [0.2, 0.25) is 5.91 Å². The van der Waals surface area contributed by atoms with Crippen LogP contribution in [-0.2, 0) is 11.3 Å². The van der Waals surface area contributed by atoms with Crippen molar-refractivity contribution in [3.63, 3.8) is 0 Å². The summed E-state index contributed by atoms with van der Waals surface area (Å²) in [5.74, 6) is 0.110. The third-order valence-electron chi connectivity index (χ3n) is 4.60. The molecule has 0 bridgehead atoms. The molecule has 2 rings (SSSR count). The Hall–Kier alpha value is -1.67. The number of nitrogens with one attached hydrogen (secondary N) is 1. The molecule has 0 aliphatic carbocycles. The van der Waals surface area contributed by atoms with Gasteiger partial charge in [-0.3, -0.25) is 19.6 Å². The van der Waals surface area contributed by atoms with Gasteiger partial charge in [0.25, 0.3) is 0 Å². The first-order valence-corrected chi connectivity index (χ1v) is 8.64. The molecule has 142 valence electrons. The van der Waals surface area contributed by atoms with Crippen LogP contribution in [0.15, 0.2) is 0 Å². The zero-order valence-corrected chi connectivity index (χ0v) is 16.0. The van der Waals surface area contributed by atoms with E-state index in [0.29, 0.717) is 30.4 Å². The van der Waals surface area contributed by atoms with Crippen molar-refractivity contribution in [3.05, 3.63) is 21.5 Å². The van der Waals surface area contributed by atoms with E-state index in [2.05, 4.69) is 17.3 Å². The minimum Gasteiger partial charge on any atom is -0.340 e. The third kappa shape index (κ3) is 5.15. The van der Waals surface area contributed by atoms with Crippen LogP contribution in [0.5, 0.6) is 0 Å². The number of carbonyl (C=O) groups is 1. The number of hydrogen-bond donors (Lipinski definition) is 1. The molecule has 1 amide bonds. The summed E-state index contributed by atoms with van der Waals surface area (Å²) < 4.78 is 1.58. The molecule has 1 aromatic heterocycles. The summed E-state index contributed by atoms with van der Waals surface area (Å²) in [6.07, 6.45) is 3.22. The number of nitro groups is 1. The predicted octanol–water partition coefficient (Wildman–Crippen LogP) is 2.21. The second-order valence-corrected chi connectivity index (χ2v) is 6.32. The summed E-state index contributed by atoms with van der Waals surface area (Å²) in [5, 5.41) is 18.6. The van der Waals surface area contributed by atoms with E-state index < -0.39 is 4.92 Å². The first-order chi connectivity index (χ1) is 11.5. The number of hydrogen-bond acceptors (Lipinski definition) is 5. The normalized spacial score (nSPS) is 14.8. The molecule has 0 radical (unpaired) electrons. The monoisotopic (exact) mass is 373 g/mol. The molecular weight excluding hydrogens is 346 g/mol. The average molecular weight is 374 g/mol. The largest absolute Gasteiger partial charge is 0.340 e. The van der Waals surface area contributed by atoms with Crippen LogP contribution in [0.3, 0.4) is 0 Å². The van der Waals surface area contributed by atoms with Crippen molar-refractivity contribution < 1.29 is 9.72 Å². The van der Waals surface area contributed by atoms with Gasteiger partial charge in [-0.05, 0) is 46.2 Å². The van der Waals surface area contributed by atoms with E-state index in [9.17, 15) is 14.9 Å². The molecule has 0 aromatic carbocycles. The molecule has 1 aromatic rings. The van der Waals surface area contributed by atoms with Gasteiger partial charge in [0.1, 0.15) is 11.4 Å². The van der Waals surface area contributed by atoms with Crippen molar-refractivity contribution in [2.24, 2.45) is 0 Å². The Kier molecular flexibility index (Phi) is 8.31. The van der Waals surface area contributed by atoms with Crippen LogP contribution >= 0.6 is 12.4 Å². The molecular formula is C16H28ClN5O3. The van der Waals surface area contributed by atoms with E-state index >= 15 is 0 Å². The Morgan fingerprint density at radius 1 is 1.40 bits per heavy atom. The second-order valence-electron chi connectivity index (χ2n) is 6.32. The molecule has 0 atom stereocenters. The van der Waals surface area contributed by atoms with Crippen LogP contribution < -0.4 is 5.32 Å². The second kappa shape index (κ2) is 9.72. The fourth-order valence-electron chi connectivity index (χ4n) is 3.38. The number of halogens is 1. The Morgan fingerprint density at radius 3 is 2.56 bits per heavy atom. The van der Waals surface area contributed by atoms with Gasteiger partial charge in [0.15, 0.2) is 0 Å². The number of rotatable bonds is 7. The molecule has 2 heterocycles. The fourth-order valence-corrected chi connectivity index (χ4v) is 3.38. The van der Waals surface area contributed by atoms with E-state index in [-0.39, 0.29) is 24.0 Å². The Balaban J connectivity index is 0.00000312. The van der Waals surface area contributed by atoms with Crippen molar-refractivity contribution in [2.75, 3.05) is 19.6 Å². The number of aromatic nitrogens is 2. The van der Waals surface area contributed by atoms with Gasteiger partial charge in [-0.25, -0.2) is 0 Å². The standard InChI is InChI=1S/C16H27N5O3.ClH/c1-4-10-19(14-5-8-17-9-6-14)15(22)7-11-20-13(3)16(21(23)24)12(2)18-20;/h14,17H,4-11H2,1-3H3;1H. The maximum absolute atomic E-state index is 12.7. The van der Waals surface area contributed by atoms with Gasteiger partial charge in [0, 0.05) is 19.0 Å². The summed E-state index contributed by atoms with van der Waals surface area (Å²) in [4.78, 5) is 25.3. The fraction of sp³-hybridized carbons (Fsp3) is 0.750. The summed E-state index contributed by atoms with van der Waals surface area (Å²) in [6.45, 7) is 8.42. The van der Waals surface area contributed by atoms with Crippen LogP contribution in [0, 0.1) is 24.0 Å². The summed E-state index contributed by atoms with van der Waals surface area (Å²) in [6, 6.07) is 0.300. The molecule has 9 heteroatoms. The van der Waals surface area contributed by atoms with Crippen LogP contribution in [-0.4, -0.2) is 51.2 Å². The maximum Gasteiger partial charge on any atom is 0.312 e. The first kappa shape index (κ1) is 21.4. The van der Waals surface area contributed by atoms with Crippen molar-refractivity contribution in [3.8, 4) is 0 Å². The first-order valence-electron chi connectivity index (χ1n) is 8.64. The molecule has 0 spiro atoms. The van der Waals surface area contributed by atoms with Gasteiger partial charge in [-0.15, -0.1) is 12.4 Å². The Bertz CT molecular complexity index is 599. The van der Waals surface area contributed by atoms with E-state index in [0.717, 1.165) is 38.9 Å². The molecule has 1 N–H and O–H groups in total. The molecule has 0 unspecified atom stereocenters. The quantitative estimate of drug-likeness (QED) is 0.584. The zero-order chi connectivity index (χ0) is 17.7. The smallest absolute Gasteiger partial charge is 0.312 e. The topological polar surface area (TPSA) is 93.3 Å². The van der Waals surface area contributed by atoms with Crippen molar-refractivity contribution in [1.29, 1.82) is 0 Å². The van der Waals surface area contributed by atoms with Gasteiger partial charge >= 0.3 is 5.69 Å². The van der Waals surface area contributed by atoms with E-state index in [4.69, 9.17) is 0 Å². The highest BCUT2D eigenvalue weighted by Gasteiger charge is 2.26. The Labute approximate surface area is 154 Å². The van der Waals surface area contributed by atoms with Crippen LogP contribution in [0.1, 0.15) is 44.0 Å². The van der Waals surface area contributed by atoms with Crippen LogP contribution in [0.25, 0.3) is 0 Å². The molecule has 8 nitrogen and oxygen atoms in total. The SMILES string of the molecule is CCCN(C(=O)CCn1nc(C)c([N+](=O)[O-])c1C)C1CCNCC1.Cl. The van der Waals surface area contributed by atoms with Gasteiger partial charge in [-0.1, -0.05) is 6.92 Å². The number of piperidine rings is 1. The van der Waals surface area contributed by atoms with E-state index in [1.807, 2.05) is 4.90 Å². The molecule has 1 aliphatic rings. The summed E-state index contributed by atoms with van der Waals surface area (Å²) in [7, 11) is 0. The minimum absolute atomic E-state index is 0. The van der Waals surface area contributed by atoms with Crippen LogP contribution in [0.4, 0.5) is 5.69 Å². The highest BCUT2D eigenvalue weighted by atomic mass is 35.5. The minimum atomic E-state index is -0.408. The Morgan fingerprint density at radius 2 is 2.04 bits per heavy atom. The molecule has 25 heavy (non-hydrogen) atoms. The van der Waals surface area contributed by atoms with Crippen molar-refractivity contribution in [2.45, 2.75) is 59.0 Å². The van der Waals surface area contributed by atoms with Crippen molar-refractivity contribution in [1.82, 2.24) is 20.0 Å². The highest BCUT2D eigenvalue weighted by molar-refractivity contribution is 5.85. The predicted molar refractivity (Wildman–Crippen MR) is 98.1 cm³/mol. The summed E-state index contributed by atoms with van der Waals surface area (Å²) >= 11 is 0. The lowest BCUT2D eigenvalue weighted by Crippen LogP contribution is -2.46. The molecule has 1 aliphatic heterocycles. The lowest BCUT2D eigenvalue weighted by molar-refractivity contribution is -0.386. The lowest BCUT2D eigenvalue weighted by Gasteiger charge is -2.34. The number of nitrogens with zero attached hydrogens (tertiary/aromatic N) is 4. The van der Waals surface area contributed by atoms with Gasteiger partial charge < -0.3 is 10.2 Å². The van der Waals surface area contributed by atoms with Crippen molar-refractivity contribution >= 4 is 24.0 Å². The summed E-state index contributed by atoms with van der Waals surface area (Å²) in [5.41, 5.74) is 0.953. The molecule has 1 fully saturated rings. The molecule has 0 saturated carbocycles. The number of carbonyl (C=O) groups excluding carboxylic acids is 1. The van der Waals surface area contributed by atoms with Gasteiger partial charge in [0.05, 0.1) is 11.5 Å². The van der Waals surface area contributed by atoms with E-state index in [1.54, 1.807) is 18.5 Å². The number of amides is 1. The van der Waals surface area contributed by atoms with E-state index in [1.165, 1.54) is 0 Å². The van der Waals surface area contributed by atoms with Gasteiger partial charge in [-0.2, -0.15) is 5.10 Å². The highest BCUT2D eigenvalue weighted by Crippen LogP contribution is 2.22.